The number of rotatable bonds is 7. The average Bonchev–Trinajstić information content (AvgIpc) is 3.06. The third-order valence-corrected chi connectivity index (χ3v) is 10.0. The van der Waals surface area contributed by atoms with E-state index in [1.165, 1.54) is 14.2 Å². The van der Waals surface area contributed by atoms with Gasteiger partial charge in [-0.1, -0.05) is 24.3 Å². The van der Waals surface area contributed by atoms with Gasteiger partial charge in [-0.25, -0.2) is 0 Å². The molecule has 0 radical (unpaired) electrons. The van der Waals surface area contributed by atoms with Crippen molar-refractivity contribution in [2.24, 2.45) is 0 Å². The zero-order valence-electron chi connectivity index (χ0n) is 27.3. The van der Waals surface area contributed by atoms with Crippen molar-refractivity contribution >= 4 is 40.5 Å². The van der Waals surface area contributed by atoms with Gasteiger partial charge in [-0.3, -0.25) is 19.3 Å². The van der Waals surface area contributed by atoms with Gasteiger partial charge in [0.1, 0.15) is 12.1 Å². The number of nitriles is 1. The SMILES string of the molecule is COC1=C(C)C(=O)C2=C(C1=O)[C@H](CNC(=O)[C@H](C)NC(=S)Nc1ccccc1)N1C(C2)[C@H]2N[C@H](Cc3cc(C)c(OC)c(O)c32)[C@@H]1C#N. The minimum atomic E-state index is -0.841. The Morgan fingerprint density at radius 1 is 1.17 bits per heavy atom. The van der Waals surface area contributed by atoms with Crippen LogP contribution in [-0.2, 0) is 25.5 Å². The highest BCUT2D eigenvalue weighted by atomic mass is 32.1. The van der Waals surface area contributed by atoms with Crippen LogP contribution >= 0.6 is 12.2 Å². The number of anilines is 1. The number of amides is 1. The van der Waals surface area contributed by atoms with Gasteiger partial charge in [-0.15, -0.1) is 0 Å². The van der Waals surface area contributed by atoms with Crippen LogP contribution in [0.3, 0.4) is 0 Å². The standard InChI is InChI=1S/C35H38N6O6S/c1-16-11-19-12-22-24(14-36)41-23(28(40-22)26(19)30(43)32(16)46-4)13-21-27(31(44)33(47-5)17(2)29(21)42)25(41)15-37-34(45)18(3)38-35(48)39-20-9-7-6-8-10-20/h6-11,18,22-25,28,40,43H,12-13,15H2,1-5H3,(H,37,45)(H2,38,39,48)/t18-,22+,23?,24-,25-,28+/m0/s1. The molecule has 0 spiro atoms. The molecule has 5 N–H and O–H groups in total. The fourth-order valence-corrected chi connectivity index (χ4v) is 7.99. The highest BCUT2D eigenvalue weighted by molar-refractivity contribution is 7.80. The number of carbonyl (C=O) groups is 3. The summed E-state index contributed by atoms with van der Waals surface area (Å²) < 4.78 is 11.0. The second kappa shape index (κ2) is 13.0. The van der Waals surface area contributed by atoms with E-state index in [1.807, 2.05) is 48.2 Å². The van der Waals surface area contributed by atoms with Crippen LogP contribution in [0.25, 0.3) is 0 Å². The first-order valence-corrected chi connectivity index (χ1v) is 16.2. The molecule has 1 fully saturated rings. The third kappa shape index (κ3) is 5.49. The molecule has 6 rings (SSSR count). The molecule has 1 aliphatic carbocycles. The van der Waals surface area contributed by atoms with Gasteiger partial charge in [-0.05, 0) is 69.1 Å². The number of methoxy groups -OCH3 is 2. The lowest BCUT2D eigenvalue weighted by atomic mass is 9.70. The fourth-order valence-electron chi connectivity index (χ4n) is 7.70. The fraction of sp³-hybridized carbons (Fsp3) is 0.400. The van der Waals surface area contributed by atoms with Crippen molar-refractivity contribution in [3.05, 3.63) is 75.6 Å². The van der Waals surface area contributed by atoms with E-state index in [1.54, 1.807) is 13.8 Å². The number of hydrogen-bond donors (Lipinski definition) is 5. The van der Waals surface area contributed by atoms with Crippen LogP contribution in [0.1, 0.15) is 43.0 Å². The van der Waals surface area contributed by atoms with Crippen LogP contribution in [0.2, 0.25) is 0 Å². The topological polar surface area (TPSA) is 165 Å². The number of allylic oxidation sites excluding steroid dienone is 2. The Balaban J connectivity index is 1.35. The Kier molecular flexibility index (Phi) is 9.00. The summed E-state index contributed by atoms with van der Waals surface area (Å²) >= 11 is 5.41. The molecule has 6 atom stereocenters. The first kappa shape index (κ1) is 33.1. The first-order valence-electron chi connectivity index (χ1n) is 15.8. The maximum Gasteiger partial charge on any atom is 0.242 e. The lowest BCUT2D eigenvalue weighted by Crippen LogP contribution is -2.71. The van der Waals surface area contributed by atoms with Crippen molar-refractivity contribution in [2.75, 3.05) is 26.1 Å². The Morgan fingerprint density at radius 3 is 2.56 bits per heavy atom. The van der Waals surface area contributed by atoms with Crippen LogP contribution in [0.5, 0.6) is 11.5 Å². The number of benzene rings is 2. The third-order valence-electron chi connectivity index (χ3n) is 9.80. The Bertz CT molecular complexity index is 1820. The van der Waals surface area contributed by atoms with Gasteiger partial charge in [0.05, 0.1) is 32.4 Å². The number of thiocarbonyl (C=S) groups is 1. The van der Waals surface area contributed by atoms with E-state index >= 15 is 0 Å². The molecule has 1 amide bonds. The number of ether oxygens (including phenoxy) is 2. The number of para-hydroxylation sites is 1. The van der Waals surface area contributed by atoms with Gasteiger partial charge < -0.3 is 35.8 Å². The number of aryl methyl sites for hydroxylation is 1. The molecule has 12 nitrogen and oxygen atoms in total. The molecule has 3 aliphatic heterocycles. The molecule has 2 aromatic carbocycles. The number of Topliss-reactive ketones (excluding diaryl/α,β-unsaturated/α-hetero) is 2. The number of hydrogen-bond acceptors (Lipinski definition) is 10. The number of nitrogens with zero attached hydrogens (tertiary/aromatic N) is 2. The molecule has 13 heteroatoms. The van der Waals surface area contributed by atoms with E-state index in [2.05, 4.69) is 27.3 Å². The van der Waals surface area contributed by atoms with Crippen molar-refractivity contribution in [1.29, 1.82) is 5.26 Å². The van der Waals surface area contributed by atoms with E-state index in [4.69, 9.17) is 21.7 Å². The van der Waals surface area contributed by atoms with E-state index in [-0.39, 0.29) is 52.6 Å². The van der Waals surface area contributed by atoms with Crippen LogP contribution in [-0.4, -0.2) is 83.6 Å². The largest absolute Gasteiger partial charge is 0.504 e. The minimum Gasteiger partial charge on any atom is -0.504 e. The molecule has 4 aliphatic rings. The molecule has 1 unspecified atom stereocenters. The molecule has 0 saturated carbocycles. The summed E-state index contributed by atoms with van der Waals surface area (Å²) in [5, 5.41) is 34.9. The number of ketones is 2. The average molecular weight is 671 g/mol. The summed E-state index contributed by atoms with van der Waals surface area (Å²) in [6.45, 7) is 5.02. The van der Waals surface area contributed by atoms with Crippen LogP contribution in [0, 0.1) is 18.3 Å². The van der Waals surface area contributed by atoms with Crippen LogP contribution in [0.15, 0.2) is 58.9 Å². The number of aromatic hydroxyl groups is 1. The van der Waals surface area contributed by atoms with Crippen molar-refractivity contribution < 1.29 is 29.0 Å². The predicted molar refractivity (Wildman–Crippen MR) is 181 cm³/mol. The minimum absolute atomic E-state index is 0.00668. The number of fused-ring (bicyclic) bond motifs is 6. The number of phenols is 1. The molecule has 2 bridgehead atoms. The molecular formula is C35H38N6O6S. The summed E-state index contributed by atoms with van der Waals surface area (Å²) in [4.78, 5) is 43.3. The summed E-state index contributed by atoms with van der Waals surface area (Å²) in [6.07, 6.45) is 0.590. The van der Waals surface area contributed by atoms with Gasteiger partial charge in [0.25, 0.3) is 0 Å². The smallest absolute Gasteiger partial charge is 0.242 e. The monoisotopic (exact) mass is 670 g/mol. The summed E-state index contributed by atoms with van der Waals surface area (Å²) in [5.41, 5.74) is 3.82. The van der Waals surface area contributed by atoms with E-state index < -0.39 is 41.9 Å². The van der Waals surface area contributed by atoms with Gasteiger partial charge in [0.15, 0.2) is 28.2 Å². The Labute approximate surface area is 284 Å². The van der Waals surface area contributed by atoms with Crippen molar-refractivity contribution in [3.63, 3.8) is 0 Å². The van der Waals surface area contributed by atoms with Crippen LogP contribution < -0.4 is 26.0 Å². The first-order chi connectivity index (χ1) is 23.0. The molecule has 1 saturated heterocycles. The highest BCUT2D eigenvalue weighted by Gasteiger charge is 2.55. The summed E-state index contributed by atoms with van der Waals surface area (Å²) in [5.74, 6) is -0.835. The summed E-state index contributed by atoms with van der Waals surface area (Å²) in [7, 11) is 2.85. The lowest BCUT2D eigenvalue weighted by molar-refractivity contribution is -0.124. The predicted octanol–water partition coefficient (Wildman–Crippen LogP) is 2.47. The molecule has 0 aromatic heterocycles. The quantitative estimate of drug-likeness (QED) is 0.216. The van der Waals surface area contributed by atoms with Gasteiger partial charge in [-0.2, -0.15) is 5.26 Å². The van der Waals surface area contributed by atoms with E-state index in [0.29, 0.717) is 23.3 Å². The summed E-state index contributed by atoms with van der Waals surface area (Å²) in [6, 6.07) is 10.0. The second-order valence-corrected chi connectivity index (χ2v) is 13.0. The zero-order valence-corrected chi connectivity index (χ0v) is 28.2. The number of carbonyl (C=O) groups excluding carboxylic acids is 3. The van der Waals surface area contributed by atoms with Crippen molar-refractivity contribution in [1.82, 2.24) is 20.9 Å². The second-order valence-electron chi connectivity index (χ2n) is 12.6. The van der Waals surface area contributed by atoms with Gasteiger partial charge in [0, 0.05) is 46.6 Å². The number of piperazine rings is 1. The van der Waals surface area contributed by atoms with E-state index in [0.717, 1.165) is 16.8 Å². The maximum atomic E-state index is 14.0. The molecule has 2 aromatic rings. The number of phenolic OH excluding ortho intramolecular Hbond substituents is 1. The maximum absolute atomic E-state index is 14.0. The van der Waals surface area contributed by atoms with Gasteiger partial charge in [0.2, 0.25) is 11.7 Å². The molecule has 48 heavy (non-hydrogen) atoms. The Hall–Kier alpha value is -4.77. The molecule has 3 heterocycles. The van der Waals surface area contributed by atoms with E-state index in [9.17, 15) is 24.8 Å². The zero-order chi connectivity index (χ0) is 34.4. The molecule has 250 valence electrons. The van der Waals surface area contributed by atoms with Crippen molar-refractivity contribution in [2.45, 2.75) is 69.9 Å². The van der Waals surface area contributed by atoms with Crippen molar-refractivity contribution in [3.8, 4) is 17.6 Å². The normalized spacial score (nSPS) is 25.2. The Morgan fingerprint density at radius 2 is 1.90 bits per heavy atom. The lowest BCUT2D eigenvalue weighted by Gasteiger charge is -2.57. The molecular weight excluding hydrogens is 632 g/mol. The van der Waals surface area contributed by atoms with Crippen LogP contribution in [0.4, 0.5) is 5.69 Å². The van der Waals surface area contributed by atoms with Gasteiger partial charge >= 0.3 is 0 Å². The number of nitrogens with one attached hydrogen (secondary N) is 4. The highest BCUT2D eigenvalue weighted by Crippen LogP contribution is 2.50.